The standard InChI is InChI=1S/C14H16ClN3OS2/c1-10-13(17-21-16-10)8-20-9-14(19)18(2)7-11-3-5-12(15)6-4-11/h3-6H,7-9H2,1-2H3. The van der Waals surface area contributed by atoms with Gasteiger partial charge in [0.1, 0.15) is 0 Å². The molecule has 4 nitrogen and oxygen atoms in total. The van der Waals surface area contributed by atoms with Crippen molar-refractivity contribution in [2.45, 2.75) is 19.2 Å². The molecular formula is C14H16ClN3OS2. The summed E-state index contributed by atoms with van der Waals surface area (Å²) in [6.07, 6.45) is 0. The zero-order valence-electron chi connectivity index (χ0n) is 11.9. The molecule has 0 saturated heterocycles. The maximum Gasteiger partial charge on any atom is 0.232 e. The molecule has 1 aromatic carbocycles. The molecule has 0 fully saturated rings. The summed E-state index contributed by atoms with van der Waals surface area (Å²) in [5.74, 6) is 1.28. The first-order valence-electron chi connectivity index (χ1n) is 6.40. The lowest BCUT2D eigenvalue weighted by atomic mass is 10.2. The fourth-order valence-electron chi connectivity index (χ4n) is 1.68. The molecule has 0 spiro atoms. The van der Waals surface area contributed by atoms with E-state index in [1.807, 2.05) is 38.2 Å². The summed E-state index contributed by atoms with van der Waals surface area (Å²) in [5, 5.41) is 0.704. The van der Waals surface area contributed by atoms with E-state index in [4.69, 9.17) is 11.6 Å². The van der Waals surface area contributed by atoms with Crippen molar-refractivity contribution in [2.75, 3.05) is 12.8 Å². The fraction of sp³-hybridized carbons (Fsp3) is 0.357. The van der Waals surface area contributed by atoms with Gasteiger partial charge in [0, 0.05) is 24.4 Å². The van der Waals surface area contributed by atoms with Gasteiger partial charge in [-0.15, -0.1) is 11.8 Å². The van der Waals surface area contributed by atoms with Crippen LogP contribution in [0, 0.1) is 6.92 Å². The third-order valence-electron chi connectivity index (χ3n) is 2.97. The molecule has 1 aromatic heterocycles. The topological polar surface area (TPSA) is 46.1 Å². The van der Waals surface area contributed by atoms with Crippen LogP contribution in [0.3, 0.4) is 0 Å². The average molecular weight is 342 g/mol. The van der Waals surface area contributed by atoms with Crippen molar-refractivity contribution in [1.82, 2.24) is 13.6 Å². The number of carbonyl (C=O) groups excluding carboxylic acids is 1. The van der Waals surface area contributed by atoms with E-state index in [1.54, 1.807) is 16.7 Å². The minimum absolute atomic E-state index is 0.107. The summed E-state index contributed by atoms with van der Waals surface area (Å²) in [4.78, 5) is 13.8. The second kappa shape index (κ2) is 7.77. The number of aryl methyl sites for hydroxylation is 1. The number of rotatable bonds is 6. The first-order valence-corrected chi connectivity index (χ1v) is 8.66. The van der Waals surface area contributed by atoms with E-state index >= 15 is 0 Å². The largest absolute Gasteiger partial charge is 0.341 e. The zero-order valence-corrected chi connectivity index (χ0v) is 14.3. The highest BCUT2D eigenvalue weighted by molar-refractivity contribution is 7.99. The predicted octanol–water partition coefficient (Wildman–Crippen LogP) is 3.39. The molecule has 0 atom stereocenters. The van der Waals surface area contributed by atoms with Crippen molar-refractivity contribution in [3.05, 3.63) is 46.2 Å². The van der Waals surface area contributed by atoms with Gasteiger partial charge in [0.05, 0.1) is 28.9 Å². The van der Waals surface area contributed by atoms with E-state index in [2.05, 4.69) is 8.75 Å². The molecule has 0 aliphatic rings. The van der Waals surface area contributed by atoms with E-state index < -0.39 is 0 Å². The first kappa shape index (κ1) is 16.3. The van der Waals surface area contributed by atoms with E-state index in [0.717, 1.165) is 22.7 Å². The predicted molar refractivity (Wildman–Crippen MR) is 88.7 cm³/mol. The van der Waals surface area contributed by atoms with Gasteiger partial charge in [0.2, 0.25) is 5.91 Å². The summed E-state index contributed by atoms with van der Waals surface area (Å²) in [6, 6.07) is 7.54. The lowest BCUT2D eigenvalue weighted by Crippen LogP contribution is -2.27. The summed E-state index contributed by atoms with van der Waals surface area (Å²) in [7, 11) is 1.81. The van der Waals surface area contributed by atoms with Gasteiger partial charge < -0.3 is 4.90 Å². The molecule has 0 N–H and O–H groups in total. The normalized spacial score (nSPS) is 10.6. The molecule has 21 heavy (non-hydrogen) atoms. The molecule has 7 heteroatoms. The van der Waals surface area contributed by atoms with Crippen molar-refractivity contribution in [3.63, 3.8) is 0 Å². The zero-order chi connectivity index (χ0) is 15.2. The smallest absolute Gasteiger partial charge is 0.232 e. The van der Waals surface area contributed by atoms with Gasteiger partial charge >= 0.3 is 0 Å². The van der Waals surface area contributed by atoms with Crippen LogP contribution in [0.4, 0.5) is 0 Å². The van der Waals surface area contributed by atoms with Gasteiger partial charge in [-0.2, -0.15) is 8.75 Å². The third-order valence-corrected chi connectivity index (χ3v) is 4.81. The maximum absolute atomic E-state index is 12.1. The van der Waals surface area contributed by atoms with Gasteiger partial charge in [-0.05, 0) is 24.6 Å². The Bertz CT molecular complexity index is 601. The second-order valence-corrected chi connectivity index (χ2v) is 6.62. The molecule has 2 aromatic rings. The van der Waals surface area contributed by atoms with Crippen molar-refractivity contribution in [2.24, 2.45) is 0 Å². The number of hydrogen-bond acceptors (Lipinski definition) is 5. The van der Waals surface area contributed by atoms with Gasteiger partial charge in [0.25, 0.3) is 0 Å². The average Bonchev–Trinajstić information content (AvgIpc) is 2.87. The van der Waals surface area contributed by atoms with Crippen LogP contribution >= 0.6 is 35.1 Å². The molecule has 0 radical (unpaired) electrons. The van der Waals surface area contributed by atoms with Crippen LogP contribution in [0.5, 0.6) is 0 Å². The van der Waals surface area contributed by atoms with Crippen LogP contribution in [-0.2, 0) is 17.1 Å². The van der Waals surface area contributed by atoms with E-state index in [0.29, 0.717) is 17.3 Å². The summed E-state index contributed by atoms with van der Waals surface area (Å²) < 4.78 is 8.33. The van der Waals surface area contributed by atoms with Crippen LogP contribution in [-0.4, -0.2) is 32.4 Å². The van der Waals surface area contributed by atoms with E-state index in [1.165, 1.54) is 11.7 Å². The van der Waals surface area contributed by atoms with Gasteiger partial charge in [-0.25, -0.2) is 0 Å². The molecule has 112 valence electrons. The van der Waals surface area contributed by atoms with Gasteiger partial charge in [-0.3, -0.25) is 4.79 Å². The Morgan fingerprint density at radius 1 is 1.33 bits per heavy atom. The number of thioether (sulfide) groups is 1. The Morgan fingerprint density at radius 3 is 2.67 bits per heavy atom. The SMILES string of the molecule is Cc1nsnc1CSCC(=O)N(C)Cc1ccc(Cl)cc1. The fourth-order valence-corrected chi connectivity index (χ4v) is 3.41. The number of hydrogen-bond donors (Lipinski definition) is 0. The molecule has 1 heterocycles. The molecule has 0 aliphatic heterocycles. The molecule has 0 unspecified atom stereocenters. The summed E-state index contributed by atoms with van der Waals surface area (Å²) in [6.45, 7) is 2.53. The van der Waals surface area contributed by atoms with Crippen molar-refractivity contribution < 1.29 is 4.79 Å². The molecule has 2 rings (SSSR count). The third kappa shape index (κ3) is 4.98. The number of benzene rings is 1. The Morgan fingerprint density at radius 2 is 2.05 bits per heavy atom. The number of carbonyl (C=O) groups is 1. The van der Waals surface area contributed by atoms with Crippen LogP contribution in [0.15, 0.2) is 24.3 Å². The second-order valence-electron chi connectivity index (χ2n) is 4.67. The monoisotopic (exact) mass is 341 g/mol. The Hall–Kier alpha value is -1.11. The van der Waals surface area contributed by atoms with Crippen molar-refractivity contribution in [1.29, 1.82) is 0 Å². The number of aromatic nitrogens is 2. The van der Waals surface area contributed by atoms with Crippen molar-refractivity contribution >= 4 is 41.0 Å². The summed E-state index contributed by atoms with van der Waals surface area (Å²) >= 11 is 8.63. The lowest BCUT2D eigenvalue weighted by molar-refractivity contribution is -0.127. The molecular weight excluding hydrogens is 326 g/mol. The van der Waals surface area contributed by atoms with Gasteiger partial charge in [-0.1, -0.05) is 23.7 Å². The number of amides is 1. The van der Waals surface area contributed by atoms with E-state index in [-0.39, 0.29) is 5.91 Å². The quantitative estimate of drug-likeness (QED) is 0.808. The minimum atomic E-state index is 0.107. The Balaban J connectivity index is 1.77. The van der Waals surface area contributed by atoms with E-state index in [9.17, 15) is 4.79 Å². The van der Waals surface area contributed by atoms with Crippen LogP contribution in [0.2, 0.25) is 5.02 Å². The molecule has 0 saturated carbocycles. The number of nitrogens with zero attached hydrogens (tertiary/aromatic N) is 3. The maximum atomic E-state index is 12.1. The summed E-state index contributed by atoms with van der Waals surface area (Å²) in [5.41, 5.74) is 2.99. The van der Waals surface area contributed by atoms with Crippen molar-refractivity contribution in [3.8, 4) is 0 Å². The lowest BCUT2D eigenvalue weighted by Gasteiger charge is -2.17. The highest BCUT2D eigenvalue weighted by Crippen LogP contribution is 2.15. The molecule has 0 bridgehead atoms. The van der Waals surface area contributed by atoms with Gasteiger partial charge in [0.15, 0.2) is 0 Å². The van der Waals surface area contributed by atoms with Crippen LogP contribution < -0.4 is 0 Å². The Labute approximate surface area is 137 Å². The molecule has 1 amide bonds. The Kier molecular flexibility index (Phi) is 6.02. The molecule has 0 aliphatic carbocycles. The first-order chi connectivity index (χ1) is 10.1. The minimum Gasteiger partial charge on any atom is -0.341 e. The highest BCUT2D eigenvalue weighted by atomic mass is 35.5. The highest BCUT2D eigenvalue weighted by Gasteiger charge is 2.11. The van der Waals surface area contributed by atoms with Crippen LogP contribution in [0.25, 0.3) is 0 Å². The van der Waals surface area contributed by atoms with Crippen LogP contribution in [0.1, 0.15) is 17.0 Å². The number of halogens is 1.